The number of carbonyl (C=O) groups is 1. The zero-order valence-corrected chi connectivity index (χ0v) is 32.0. The third-order valence-corrected chi connectivity index (χ3v) is 11.1. The van der Waals surface area contributed by atoms with Gasteiger partial charge in [-0.1, -0.05) is 35.9 Å². The van der Waals surface area contributed by atoms with Gasteiger partial charge in [-0.05, 0) is 68.8 Å². The Balaban J connectivity index is 1.22. The van der Waals surface area contributed by atoms with E-state index in [0.717, 1.165) is 32.7 Å². The molecule has 1 unspecified atom stereocenters. The summed E-state index contributed by atoms with van der Waals surface area (Å²) >= 11 is 8.27. The number of halogens is 2. The molecule has 0 N–H and O–H groups in total. The molecule has 54 heavy (non-hydrogen) atoms. The van der Waals surface area contributed by atoms with Crippen LogP contribution in [-0.2, 0) is 24.3 Å². The molecule has 1 aliphatic rings. The molecule has 4 aromatic heterocycles. The summed E-state index contributed by atoms with van der Waals surface area (Å²) in [6.45, 7) is 8.65. The summed E-state index contributed by atoms with van der Waals surface area (Å²) in [5.74, 6) is 0.909. The molecule has 0 bridgehead atoms. The number of benzene rings is 2. The highest BCUT2D eigenvalue weighted by Gasteiger charge is 2.28. The van der Waals surface area contributed by atoms with E-state index in [1.165, 1.54) is 41.5 Å². The largest absolute Gasteiger partial charge is 0.491 e. The number of nitrogens with zero attached hydrogens (tertiary/aromatic N) is 6. The molecule has 0 saturated carbocycles. The second-order valence-corrected chi connectivity index (χ2v) is 14.5. The smallest absolute Gasteiger partial charge is 0.278 e. The molecule has 0 amide bonds. The summed E-state index contributed by atoms with van der Waals surface area (Å²) in [5, 5.41) is 5.10. The zero-order valence-electron chi connectivity index (χ0n) is 32.5. The van der Waals surface area contributed by atoms with E-state index in [2.05, 4.69) is 31.9 Å². The number of aromatic nitrogens is 4. The third-order valence-electron chi connectivity index (χ3n) is 9.50. The number of aryl methyl sites for hydroxylation is 1. The van der Waals surface area contributed by atoms with Gasteiger partial charge >= 0.3 is 0 Å². The minimum atomic E-state index is -2.22. The standard InChI is InChI=1S/C40H42ClFN6O5S/c1-5-48-28(14-15-45-48)23-51-30-9-7-6-8-27(30)22-33(26(3)49)53-39-36-35(38(32-12-13-34(42)52-32)54-40(36)44-24-43-39)29-10-11-31(37(41)25(29)2)50-21-20-47-18-16-46(4)17-19-47/h6-15,24,33H,5,16-23H2,1-4H3/i23D2. The van der Waals surface area contributed by atoms with E-state index in [-0.39, 0.29) is 35.3 Å². The van der Waals surface area contributed by atoms with Crippen molar-refractivity contribution in [1.29, 1.82) is 0 Å². The zero-order chi connectivity index (χ0) is 39.6. The van der Waals surface area contributed by atoms with Crippen LogP contribution in [0.2, 0.25) is 5.02 Å². The number of rotatable bonds is 15. The summed E-state index contributed by atoms with van der Waals surface area (Å²) in [7, 11) is 2.12. The number of hydrogen-bond donors (Lipinski definition) is 0. The van der Waals surface area contributed by atoms with E-state index < -0.39 is 18.7 Å². The summed E-state index contributed by atoms with van der Waals surface area (Å²) in [5.41, 5.74) is 2.82. The Bertz CT molecular complexity index is 2340. The van der Waals surface area contributed by atoms with Crippen molar-refractivity contribution in [2.24, 2.45) is 0 Å². The van der Waals surface area contributed by atoms with Crippen molar-refractivity contribution in [3.05, 3.63) is 95.0 Å². The van der Waals surface area contributed by atoms with Gasteiger partial charge in [-0.25, -0.2) is 9.97 Å². The third kappa shape index (κ3) is 8.14. The number of carbonyl (C=O) groups excluding carboxylic acids is 1. The molecule has 1 fully saturated rings. The first-order chi connectivity index (χ1) is 26.9. The van der Waals surface area contributed by atoms with Gasteiger partial charge in [0, 0.05) is 63.5 Å². The van der Waals surface area contributed by atoms with Crippen LogP contribution in [0.1, 0.15) is 33.4 Å². The average molecular weight is 775 g/mol. The summed E-state index contributed by atoms with van der Waals surface area (Å²) in [4.78, 5) is 28.1. The van der Waals surface area contributed by atoms with Gasteiger partial charge in [0.25, 0.3) is 6.01 Å². The molecular formula is C40H42ClFN6O5S. The van der Waals surface area contributed by atoms with Crippen molar-refractivity contribution >= 4 is 38.9 Å². The van der Waals surface area contributed by atoms with E-state index in [1.807, 2.05) is 26.0 Å². The number of thiophene rings is 1. The average Bonchev–Trinajstić information content (AvgIpc) is 3.94. The number of piperazine rings is 1. The Hall–Kier alpha value is -4.82. The predicted octanol–water partition coefficient (Wildman–Crippen LogP) is 7.72. The molecule has 282 valence electrons. The van der Waals surface area contributed by atoms with Gasteiger partial charge in [-0.2, -0.15) is 9.49 Å². The number of likely N-dealkylation sites (N-methyl/N-ethyl adjacent to an activating group) is 1. The lowest BCUT2D eigenvalue weighted by molar-refractivity contribution is -0.123. The highest BCUT2D eigenvalue weighted by Crippen LogP contribution is 2.49. The molecule has 1 saturated heterocycles. The van der Waals surface area contributed by atoms with Crippen LogP contribution in [0.25, 0.3) is 32.0 Å². The molecule has 2 aromatic carbocycles. The highest BCUT2D eigenvalue weighted by atomic mass is 35.5. The van der Waals surface area contributed by atoms with E-state index in [9.17, 15) is 9.18 Å². The van der Waals surface area contributed by atoms with Gasteiger partial charge in [0.05, 0.1) is 23.7 Å². The van der Waals surface area contributed by atoms with E-state index >= 15 is 0 Å². The Kier molecular flexibility index (Phi) is 10.8. The summed E-state index contributed by atoms with van der Waals surface area (Å²) in [6.07, 6.45) is 1.86. The minimum Gasteiger partial charge on any atom is -0.491 e. The molecule has 1 aliphatic heterocycles. The number of hydrogen-bond acceptors (Lipinski definition) is 11. The molecule has 6 aromatic rings. The van der Waals surface area contributed by atoms with Crippen molar-refractivity contribution in [2.75, 3.05) is 46.4 Å². The topological polar surface area (TPSA) is 108 Å². The first kappa shape index (κ1) is 34.9. The lowest BCUT2D eigenvalue weighted by Gasteiger charge is -2.32. The molecule has 14 heteroatoms. The monoisotopic (exact) mass is 774 g/mol. The van der Waals surface area contributed by atoms with Gasteiger partial charge in [0.2, 0.25) is 5.88 Å². The maximum absolute atomic E-state index is 14.3. The first-order valence-corrected chi connectivity index (χ1v) is 19.0. The van der Waals surface area contributed by atoms with Crippen LogP contribution in [0.3, 0.4) is 0 Å². The maximum Gasteiger partial charge on any atom is 0.278 e. The number of Topliss-reactive ketones (excluding diaryl/α,β-unsaturated/α-hetero) is 1. The SMILES string of the molecule is [2H]C([2H])(Oc1ccccc1CC(Oc1ncnc2sc(-c3ccc(F)o3)c(-c3ccc(OCCN4CCN(C)CC4)c(Cl)c3C)c12)C(C)=O)c1ccnn1CC. The number of ketones is 1. The van der Waals surface area contributed by atoms with Crippen LogP contribution in [0.4, 0.5) is 4.39 Å². The van der Waals surface area contributed by atoms with E-state index in [1.54, 1.807) is 36.4 Å². The number of para-hydroxylation sites is 1. The van der Waals surface area contributed by atoms with Crippen LogP contribution in [0.15, 0.2) is 71.5 Å². The number of ether oxygens (including phenoxy) is 3. The first-order valence-electron chi connectivity index (χ1n) is 18.8. The van der Waals surface area contributed by atoms with Crippen LogP contribution in [0, 0.1) is 12.9 Å². The van der Waals surface area contributed by atoms with Gasteiger partial charge in [-0.15, -0.1) is 11.3 Å². The van der Waals surface area contributed by atoms with Crippen LogP contribution < -0.4 is 14.2 Å². The van der Waals surface area contributed by atoms with Gasteiger partial charge in [0.15, 0.2) is 11.9 Å². The number of fused-ring (bicyclic) bond motifs is 1. The highest BCUT2D eigenvalue weighted by molar-refractivity contribution is 7.22. The van der Waals surface area contributed by atoms with Crippen LogP contribution in [0.5, 0.6) is 17.4 Å². The lowest BCUT2D eigenvalue weighted by Crippen LogP contribution is -2.45. The van der Waals surface area contributed by atoms with Crippen LogP contribution >= 0.6 is 22.9 Å². The van der Waals surface area contributed by atoms with E-state index in [0.29, 0.717) is 61.3 Å². The summed E-state index contributed by atoms with van der Waals surface area (Å²) < 4.78 is 57.4. The number of furan rings is 1. The van der Waals surface area contributed by atoms with Crippen LogP contribution in [-0.4, -0.2) is 87.8 Å². The van der Waals surface area contributed by atoms with Crippen molar-refractivity contribution in [2.45, 2.75) is 46.4 Å². The Morgan fingerprint density at radius 1 is 1.07 bits per heavy atom. The Labute approximate surface area is 325 Å². The molecule has 5 heterocycles. The summed E-state index contributed by atoms with van der Waals surface area (Å²) in [6, 6.07) is 14.3. The fourth-order valence-electron chi connectivity index (χ4n) is 6.42. The minimum absolute atomic E-state index is 0.0425. The Morgan fingerprint density at radius 3 is 2.65 bits per heavy atom. The molecule has 0 aliphatic carbocycles. The molecule has 11 nitrogen and oxygen atoms in total. The quantitative estimate of drug-likeness (QED) is 0.103. The second kappa shape index (κ2) is 16.7. The molecule has 7 rings (SSSR count). The second-order valence-electron chi connectivity index (χ2n) is 13.1. The van der Waals surface area contributed by atoms with Crippen molar-refractivity contribution in [3.8, 4) is 39.1 Å². The van der Waals surface area contributed by atoms with Gasteiger partial charge in [0.1, 0.15) is 41.6 Å². The fourth-order valence-corrected chi connectivity index (χ4v) is 7.74. The van der Waals surface area contributed by atoms with Crippen molar-refractivity contribution < 1.29 is 30.6 Å². The van der Waals surface area contributed by atoms with E-state index in [4.69, 9.17) is 33.0 Å². The maximum atomic E-state index is 14.3. The normalized spacial score (nSPS) is 15.2. The van der Waals surface area contributed by atoms with Gasteiger partial charge < -0.3 is 23.5 Å². The fraction of sp³-hybridized carbons (Fsp3) is 0.350. The molecular weight excluding hydrogens is 731 g/mol. The van der Waals surface area contributed by atoms with Gasteiger partial charge in [-0.3, -0.25) is 14.4 Å². The predicted molar refractivity (Wildman–Crippen MR) is 207 cm³/mol. The molecule has 0 radical (unpaired) electrons. The molecule has 0 spiro atoms. The molecule has 1 atom stereocenters. The Morgan fingerprint density at radius 2 is 1.89 bits per heavy atom. The lowest BCUT2D eigenvalue weighted by atomic mass is 9.97. The van der Waals surface area contributed by atoms with Crippen molar-refractivity contribution in [1.82, 2.24) is 29.5 Å². The van der Waals surface area contributed by atoms with Crippen molar-refractivity contribution in [3.63, 3.8) is 0 Å².